The van der Waals surface area contributed by atoms with Gasteiger partial charge in [0.2, 0.25) is 0 Å². The number of rotatable bonds is 16. The molecule has 2 rings (SSSR count). The SMILES string of the molecule is CC(=O)Oc1c(C)cc(OCC(O)CNC(C)C)c(C)c1C.CCN(CC)C(=O)Nc1ccc(OCC(O)CNC(C)(C)C)c(C(C)=O)c1. The number of hydrogen-bond donors (Lipinski definition) is 5. The van der Waals surface area contributed by atoms with Gasteiger partial charge in [0.05, 0.1) is 5.56 Å². The first-order valence-corrected chi connectivity index (χ1v) is 16.9. The molecule has 2 unspecified atom stereocenters. The average Bonchev–Trinajstić information content (AvgIpc) is 3.01. The Bertz CT molecular complexity index is 1370. The van der Waals surface area contributed by atoms with Crippen LogP contribution in [0.15, 0.2) is 24.3 Å². The molecule has 2 amide bonds. The van der Waals surface area contributed by atoms with E-state index in [-0.39, 0.29) is 36.5 Å². The minimum absolute atomic E-state index is 0.0640. The number of ketones is 1. The van der Waals surface area contributed by atoms with Crippen molar-refractivity contribution >= 4 is 23.5 Å². The number of hydrogen-bond acceptors (Lipinski definition) is 10. The summed E-state index contributed by atoms with van der Waals surface area (Å²) < 4.78 is 16.6. The van der Waals surface area contributed by atoms with E-state index in [1.807, 2.05) is 75.3 Å². The lowest BCUT2D eigenvalue weighted by molar-refractivity contribution is -0.132. The van der Waals surface area contributed by atoms with Crippen molar-refractivity contribution in [2.75, 3.05) is 44.7 Å². The van der Waals surface area contributed by atoms with Crippen LogP contribution in [-0.4, -0.2) is 96.1 Å². The molecule has 0 heterocycles. The number of β-amino-alcohol motifs (C(OH)–C–C–N with tert-alkyl or cyclic N) is 1. The van der Waals surface area contributed by atoms with Crippen LogP contribution in [-0.2, 0) is 4.79 Å². The fraction of sp³-hybridized carbons (Fsp3) is 0.595. The summed E-state index contributed by atoms with van der Waals surface area (Å²) in [6.45, 7) is 24.8. The highest BCUT2D eigenvalue weighted by Crippen LogP contribution is 2.33. The molecule has 2 aromatic rings. The van der Waals surface area contributed by atoms with Crippen molar-refractivity contribution in [2.45, 2.75) is 107 Å². The Hall–Kier alpha value is -3.71. The van der Waals surface area contributed by atoms with E-state index in [2.05, 4.69) is 16.0 Å². The average molecular weight is 689 g/mol. The number of aliphatic hydroxyl groups is 2. The van der Waals surface area contributed by atoms with Crippen LogP contribution in [0.3, 0.4) is 0 Å². The predicted molar refractivity (Wildman–Crippen MR) is 194 cm³/mol. The smallest absolute Gasteiger partial charge is 0.321 e. The number of amides is 2. The molecule has 2 aromatic carbocycles. The quantitative estimate of drug-likeness (QED) is 0.0906. The number of aryl methyl sites for hydroxylation is 1. The van der Waals surface area contributed by atoms with E-state index in [4.69, 9.17) is 14.2 Å². The molecule has 0 fully saturated rings. The lowest BCUT2D eigenvalue weighted by Crippen LogP contribution is -2.42. The van der Waals surface area contributed by atoms with Crippen LogP contribution in [0.5, 0.6) is 17.2 Å². The number of anilines is 1. The van der Waals surface area contributed by atoms with E-state index < -0.39 is 12.2 Å². The second kappa shape index (κ2) is 20.7. The van der Waals surface area contributed by atoms with Crippen molar-refractivity contribution in [2.24, 2.45) is 0 Å². The molecule has 12 heteroatoms. The van der Waals surface area contributed by atoms with Gasteiger partial charge in [-0.05, 0) is 103 Å². The van der Waals surface area contributed by atoms with Crippen LogP contribution in [0.2, 0.25) is 0 Å². The number of nitrogens with one attached hydrogen (secondary N) is 3. The molecule has 0 saturated heterocycles. The van der Waals surface area contributed by atoms with Gasteiger partial charge in [-0.25, -0.2) is 4.79 Å². The highest BCUT2D eigenvalue weighted by molar-refractivity contribution is 5.99. The van der Waals surface area contributed by atoms with Gasteiger partial charge in [0, 0.05) is 50.4 Å². The van der Waals surface area contributed by atoms with Gasteiger partial charge in [0.25, 0.3) is 0 Å². The van der Waals surface area contributed by atoms with Crippen LogP contribution in [0, 0.1) is 20.8 Å². The van der Waals surface area contributed by atoms with Crippen LogP contribution < -0.4 is 30.2 Å². The molecule has 0 aliphatic rings. The fourth-order valence-electron chi connectivity index (χ4n) is 4.48. The normalized spacial score (nSPS) is 12.4. The van der Waals surface area contributed by atoms with E-state index in [0.717, 1.165) is 16.7 Å². The van der Waals surface area contributed by atoms with E-state index in [1.54, 1.807) is 23.1 Å². The van der Waals surface area contributed by atoms with Crippen molar-refractivity contribution in [3.8, 4) is 17.2 Å². The number of Topliss-reactive ketones (excluding diaryl/α,β-unsaturated/α-hetero) is 1. The van der Waals surface area contributed by atoms with Gasteiger partial charge in [-0.1, -0.05) is 13.8 Å². The Morgan fingerprint density at radius 3 is 1.94 bits per heavy atom. The van der Waals surface area contributed by atoms with Gasteiger partial charge >= 0.3 is 12.0 Å². The van der Waals surface area contributed by atoms with Crippen LogP contribution in [0.4, 0.5) is 10.5 Å². The zero-order chi connectivity index (χ0) is 37.5. The van der Waals surface area contributed by atoms with Crippen molar-refractivity contribution in [3.05, 3.63) is 46.5 Å². The minimum Gasteiger partial charge on any atom is -0.491 e. The maximum absolute atomic E-state index is 12.2. The van der Waals surface area contributed by atoms with E-state index in [9.17, 15) is 24.6 Å². The molecule has 276 valence electrons. The Balaban J connectivity index is 0.000000500. The second-order valence-corrected chi connectivity index (χ2v) is 13.4. The van der Waals surface area contributed by atoms with Gasteiger partial charge in [-0.2, -0.15) is 0 Å². The van der Waals surface area contributed by atoms with E-state index in [0.29, 0.717) is 60.7 Å². The molecule has 49 heavy (non-hydrogen) atoms. The molecule has 0 radical (unpaired) electrons. The highest BCUT2D eigenvalue weighted by atomic mass is 16.5. The second-order valence-electron chi connectivity index (χ2n) is 13.4. The number of carbonyl (C=O) groups is 3. The number of aliphatic hydroxyl groups excluding tert-OH is 2. The number of ether oxygens (including phenoxy) is 3. The first-order valence-electron chi connectivity index (χ1n) is 16.9. The largest absolute Gasteiger partial charge is 0.491 e. The van der Waals surface area contributed by atoms with Crippen LogP contribution >= 0.6 is 0 Å². The van der Waals surface area contributed by atoms with Gasteiger partial charge in [0.1, 0.15) is 42.7 Å². The number of nitrogens with zero attached hydrogens (tertiary/aromatic N) is 1. The molecule has 12 nitrogen and oxygen atoms in total. The Morgan fingerprint density at radius 1 is 0.857 bits per heavy atom. The summed E-state index contributed by atoms with van der Waals surface area (Å²) in [4.78, 5) is 37.0. The third kappa shape index (κ3) is 16.0. The van der Waals surface area contributed by atoms with Gasteiger partial charge in [0.15, 0.2) is 5.78 Å². The maximum atomic E-state index is 12.2. The van der Waals surface area contributed by atoms with E-state index >= 15 is 0 Å². The summed E-state index contributed by atoms with van der Waals surface area (Å²) >= 11 is 0. The summed E-state index contributed by atoms with van der Waals surface area (Å²) in [5, 5.41) is 29.1. The monoisotopic (exact) mass is 688 g/mol. The van der Waals surface area contributed by atoms with Gasteiger partial charge in [-0.15, -0.1) is 0 Å². The molecule has 2 atom stereocenters. The zero-order valence-electron chi connectivity index (χ0n) is 31.6. The Kier molecular flexibility index (Phi) is 18.3. The number of benzene rings is 2. The van der Waals surface area contributed by atoms with E-state index in [1.165, 1.54) is 13.8 Å². The summed E-state index contributed by atoms with van der Waals surface area (Å²) in [6.07, 6.45) is -1.28. The van der Waals surface area contributed by atoms with Crippen molar-refractivity contribution in [3.63, 3.8) is 0 Å². The standard InChI is InChI=1S/C20H33N3O4.C17H27NO4/c1-7-23(8-2)19(26)22-15-9-10-18(17(11-15)14(3)24)27-13-16(25)12-21-20(4,5)6;1-10(2)18-8-15(20)9-21-16-7-11(3)17(22-14(6)19)13(5)12(16)4/h9-11,16,21,25H,7-8,12-13H2,1-6H3,(H,22,26);7,10,15,18,20H,8-9H2,1-6H3. The van der Waals surface area contributed by atoms with Crippen molar-refractivity contribution in [1.82, 2.24) is 15.5 Å². The summed E-state index contributed by atoms with van der Waals surface area (Å²) in [7, 11) is 0. The predicted octanol–water partition coefficient (Wildman–Crippen LogP) is 5.17. The first-order chi connectivity index (χ1) is 22.8. The van der Waals surface area contributed by atoms with Crippen LogP contribution in [0.1, 0.15) is 89.4 Å². The lowest BCUT2D eigenvalue weighted by atomic mass is 10.0. The molecule has 0 saturated carbocycles. The minimum atomic E-state index is -0.703. The van der Waals surface area contributed by atoms with Crippen molar-refractivity contribution < 1.29 is 38.8 Å². The highest BCUT2D eigenvalue weighted by Gasteiger charge is 2.18. The third-order valence-electron chi connectivity index (χ3n) is 7.38. The number of urea groups is 1. The van der Waals surface area contributed by atoms with Gasteiger partial charge in [-0.3, -0.25) is 9.59 Å². The third-order valence-corrected chi connectivity index (χ3v) is 7.38. The van der Waals surface area contributed by atoms with Crippen LogP contribution in [0.25, 0.3) is 0 Å². The van der Waals surface area contributed by atoms with Crippen molar-refractivity contribution in [1.29, 1.82) is 0 Å². The maximum Gasteiger partial charge on any atom is 0.321 e. The summed E-state index contributed by atoms with van der Waals surface area (Å²) in [5.41, 5.74) is 3.41. The Labute approximate surface area is 292 Å². The molecule has 0 aliphatic carbocycles. The zero-order valence-corrected chi connectivity index (χ0v) is 31.6. The molecule has 0 aliphatic heterocycles. The number of esters is 1. The number of carbonyl (C=O) groups excluding carboxylic acids is 3. The first kappa shape index (κ1) is 43.3. The molecule has 0 bridgehead atoms. The molecule has 0 aromatic heterocycles. The summed E-state index contributed by atoms with van der Waals surface area (Å²) in [6, 6.07) is 6.86. The summed E-state index contributed by atoms with van der Waals surface area (Å²) in [5.74, 6) is 1.16. The topological polar surface area (TPSA) is 159 Å². The Morgan fingerprint density at radius 2 is 1.43 bits per heavy atom. The fourth-order valence-corrected chi connectivity index (χ4v) is 4.48. The molecular weight excluding hydrogens is 628 g/mol. The molecule has 0 spiro atoms. The van der Waals surface area contributed by atoms with Gasteiger partial charge < -0.3 is 45.3 Å². The molecular formula is C37H60N4O8. The lowest BCUT2D eigenvalue weighted by Gasteiger charge is -2.23. The molecule has 5 N–H and O–H groups in total.